The smallest absolute Gasteiger partial charge is 0.223 e. The Morgan fingerprint density at radius 3 is 2.55 bits per heavy atom. The van der Waals surface area contributed by atoms with E-state index in [1.54, 1.807) is 18.2 Å². The van der Waals surface area contributed by atoms with Crippen molar-refractivity contribution >= 4 is 29.1 Å². The quantitative estimate of drug-likeness (QED) is 0.877. The molecule has 2 amide bonds. The normalized spacial score (nSPS) is 11.8. The molecule has 0 bridgehead atoms. The van der Waals surface area contributed by atoms with Gasteiger partial charge in [-0.1, -0.05) is 30.7 Å². The number of carbonyl (C=O) groups excluding carboxylic acids is 2. The molecular weight excluding hydrogens is 276 g/mol. The van der Waals surface area contributed by atoms with Crippen molar-refractivity contribution in [1.29, 1.82) is 0 Å². The number of hydrogen-bond donors (Lipinski definition) is 1. The van der Waals surface area contributed by atoms with Gasteiger partial charge in [0, 0.05) is 25.9 Å². The van der Waals surface area contributed by atoms with Gasteiger partial charge in [0.25, 0.3) is 0 Å². The maximum absolute atomic E-state index is 11.8. The molecule has 0 radical (unpaired) electrons. The van der Waals surface area contributed by atoms with Crippen molar-refractivity contribution in [3.63, 3.8) is 0 Å². The number of anilines is 1. The van der Waals surface area contributed by atoms with Gasteiger partial charge in [-0.05, 0) is 25.5 Å². The lowest BCUT2D eigenvalue weighted by Crippen LogP contribution is -2.37. The highest BCUT2D eigenvalue weighted by molar-refractivity contribution is 6.33. The molecule has 1 atom stereocenters. The number of hydrogen-bond acceptors (Lipinski definition) is 2. The van der Waals surface area contributed by atoms with Crippen molar-refractivity contribution in [1.82, 2.24) is 5.32 Å². The van der Waals surface area contributed by atoms with Gasteiger partial charge in [-0.15, -0.1) is 0 Å². The van der Waals surface area contributed by atoms with Crippen LogP contribution in [0.1, 0.15) is 33.6 Å². The Labute approximate surface area is 125 Å². The summed E-state index contributed by atoms with van der Waals surface area (Å²) in [6.45, 7) is 5.75. The van der Waals surface area contributed by atoms with Crippen molar-refractivity contribution in [2.24, 2.45) is 0 Å². The van der Waals surface area contributed by atoms with E-state index in [1.165, 1.54) is 11.8 Å². The van der Waals surface area contributed by atoms with Gasteiger partial charge in [0.05, 0.1) is 10.7 Å². The lowest BCUT2D eigenvalue weighted by atomic mass is 10.2. The zero-order valence-corrected chi connectivity index (χ0v) is 12.9. The molecule has 0 saturated carbocycles. The van der Waals surface area contributed by atoms with Crippen LogP contribution in [-0.4, -0.2) is 24.4 Å². The van der Waals surface area contributed by atoms with Gasteiger partial charge in [0.15, 0.2) is 0 Å². The van der Waals surface area contributed by atoms with Gasteiger partial charge >= 0.3 is 0 Å². The molecule has 0 spiro atoms. The largest absolute Gasteiger partial charge is 0.354 e. The highest BCUT2D eigenvalue weighted by Gasteiger charge is 2.16. The van der Waals surface area contributed by atoms with Crippen molar-refractivity contribution in [2.45, 2.75) is 39.7 Å². The van der Waals surface area contributed by atoms with Gasteiger partial charge in [-0.3, -0.25) is 9.59 Å². The topological polar surface area (TPSA) is 49.4 Å². The Hall–Kier alpha value is -1.55. The van der Waals surface area contributed by atoms with Gasteiger partial charge in [0.1, 0.15) is 0 Å². The average Bonchev–Trinajstić information content (AvgIpc) is 2.40. The predicted molar refractivity (Wildman–Crippen MR) is 82.0 cm³/mol. The predicted octanol–water partition coefficient (Wildman–Crippen LogP) is 3.00. The summed E-state index contributed by atoms with van der Waals surface area (Å²) >= 11 is 6.09. The number of amides is 2. The molecule has 1 N–H and O–H groups in total. The lowest BCUT2D eigenvalue weighted by Gasteiger charge is -2.22. The van der Waals surface area contributed by atoms with Crippen molar-refractivity contribution < 1.29 is 9.59 Å². The van der Waals surface area contributed by atoms with E-state index in [0.29, 0.717) is 17.3 Å². The molecule has 1 aromatic rings. The van der Waals surface area contributed by atoms with Crippen molar-refractivity contribution in [2.75, 3.05) is 11.4 Å². The van der Waals surface area contributed by atoms with Gasteiger partial charge < -0.3 is 10.2 Å². The monoisotopic (exact) mass is 296 g/mol. The molecule has 0 heterocycles. The van der Waals surface area contributed by atoms with Crippen LogP contribution in [-0.2, 0) is 9.59 Å². The summed E-state index contributed by atoms with van der Waals surface area (Å²) in [7, 11) is 0. The van der Waals surface area contributed by atoms with Crippen LogP contribution >= 0.6 is 11.6 Å². The van der Waals surface area contributed by atoms with Crippen LogP contribution in [0.15, 0.2) is 24.3 Å². The number of rotatable bonds is 6. The standard InChI is InChI=1S/C15H21ClN2O2/c1-4-11(2)17-15(20)9-10-18(12(3)19)14-8-6-5-7-13(14)16/h5-8,11H,4,9-10H2,1-3H3,(H,17,20). The first-order chi connectivity index (χ1) is 9.45. The Bertz CT molecular complexity index is 477. The molecule has 110 valence electrons. The minimum Gasteiger partial charge on any atom is -0.354 e. The fourth-order valence-electron chi connectivity index (χ4n) is 1.78. The average molecular weight is 297 g/mol. The number of carbonyl (C=O) groups is 2. The summed E-state index contributed by atoms with van der Waals surface area (Å²) in [5, 5.41) is 3.38. The minimum absolute atomic E-state index is 0.0577. The molecule has 0 aliphatic heterocycles. The zero-order chi connectivity index (χ0) is 15.1. The molecular formula is C15H21ClN2O2. The lowest BCUT2D eigenvalue weighted by molar-refractivity contribution is -0.121. The molecule has 1 rings (SSSR count). The number of nitrogens with one attached hydrogen (secondary N) is 1. The van der Waals surface area contributed by atoms with Crippen LogP contribution < -0.4 is 10.2 Å². The first kappa shape index (κ1) is 16.5. The first-order valence-corrected chi connectivity index (χ1v) is 7.15. The highest BCUT2D eigenvalue weighted by atomic mass is 35.5. The highest BCUT2D eigenvalue weighted by Crippen LogP contribution is 2.25. The molecule has 0 aliphatic carbocycles. The fraction of sp³-hybridized carbons (Fsp3) is 0.467. The molecule has 0 fully saturated rings. The van der Waals surface area contributed by atoms with Gasteiger partial charge in [-0.25, -0.2) is 0 Å². The third kappa shape index (κ3) is 4.85. The molecule has 0 aromatic heterocycles. The van der Waals surface area contributed by atoms with Gasteiger partial charge in [-0.2, -0.15) is 0 Å². The Morgan fingerprint density at radius 2 is 2.00 bits per heavy atom. The molecule has 5 heteroatoms. The summed E-state index contributed by atoms with van der Waals surface area (Å²) in [5.74, 6) is -0.188. The second kappa shape index (κ2) is 7.90. The van der Waals surface area contributed by atoms with E-state index in [4.69, 9.17) is 11.6 Å². The van der Waals surface area contributed by atoms with Crippen LogP contribution in [0.3, 0.4) is 0 Å². The SMILES string of the molecule is CCC(C)NC(=O)CCN(C(C)=O)c1ccccc1Cl. The number of benzene rings is 1. The number of para-hydroxylation sites is 1. The van der Waals surface area contributed by atoms with Crippen LogP contribution in [0.2, 0.25) is 5.02 Å². The summed E-state index contributed by atoms with van der Waals surface area (Å²) in [6, 6.07) is 7.27. The van der Waals surface area contributed by atoms with E-state index in [1.807, 2.05) is 19.9 Å². The number of nitrogens with zero attached hydrogens (tertiary/aromatic N) is 1. The maximum atomic E-state index is 11.8. The molecule has 0 aliphatic rings. The Kier molecular flexibility index (Phi) is 6.52. The van der Waals surface area contributed by atoms with E-state index in [9.17, 15) is 9.59 Å². The van der Waals surface area contributed by atoms with E-state index in [2.05, 4.69) is 5.32 Å². The summed E-state index contributed by atoms with van der Waals surface area (Å²) in [5.41, 5.74) is 0.637. The molecule has 1 unspecified atom stereocenters. The summed E-state index contributed by atoms with van der Waals surface area (Å²) < 4.78 is 0. The van der Waals surface area contributed by atoms with Crippen LogP contribution in [0, 0.1) is 0 Å². The van der Waals surface area contributed by atoms with Crippen LogP contribution in [0.25, 0.3) is 0 Å². The fourth-order valence-corrected chi connectivity index (χ4v) is 2.02. The molecule has 20 heavy (non-hydrogen) atoms. The third-order valence-electron chi connectivity index (χ3n) is 3.11. The van der Waals surface area contributed by atoms with E-state index in [0.717, 1.165) is 6.42 Å². The molecule has 0 saturated heterocycles. The van der Waals surface area contributed by atoms with Crippen molar-refractivity contribution in [3.05, 3.63) is 29.3 Å². The zero-order valence-electron chi connectivity index (χ0n) is 12.1. The minimum atomic E-state index is -0.130. The molecule has 1 aromatic carbocycles. The van der Waals surface area contributed by atoms with Gasteiger partial charge in [0.2, 0.25) is 11.8 Å². The molecule has 4 nitrogen and oxygen atoms in total. The van der Waals surface area contributed by atoms with E-state index in [-0.39, 0.29) is 24.3 Å². The second-order valence-corrected chi connectivity index (χ2v) is 5.16. The second-order valence-electron chi connectivity index (χ2n) is 4.75. The Morgan fingerprint density at radius 1 is 1.35 bits per heavy atom. The van der Waals surface area contributed by atoms with E-state index < -0.39 is 0 Å². The summed E-state index contributed by atoms with van der Waals surface area (Å²) in [4.78, 5) is 25.0. The van der Waals surface area contributed by atoms with Crippen LogP contribution in [0.5, 0.6) is 0 Å². The maximum Gasteiger partial charge on any atom is 0.223 e. The number of halogens is 1. The van der Waals surface area contributed by atoms with Crippen molar-refractivity contribution in [3.8, 4) is 0 Å². The van der Waals surface area contributed by atoms with E-state index >= 15 is 0 Å². The third-order valence-corrected chi connectivity index (χ3v) is 3.43. The Balaban J connectivity index is 2.68. The van der Waals surface area contributed by atoms with Crippen LogP contribution in [0.4, 0.5) is 5.69 Å². The summed E-state index contributed by atoms with van der Waals surface area (Å²) in [6.07, 6.45) is 1.14. The first-order valence-electron chi connectivity index (χ1n) is 6.77.